The van der Waals surface area contributed by atoms with E-state index in [-0.39, 0.29) is 30.0 Å². The van der Waals surface area contributed by atoms with Crippen molar-refractivity contribution < 1.29 is 14.3 Å². The highest BCUT2D eigenvalue weighted by Gasteiger charge is 2.07. The summed E-state index contributed by atoms with van der Waals surface area (Å²) in [5.74, 6) is 0.359. The highest BCUT2D eigenvalue weighted by molar-refractivity contribution is 7.99. The number of carbonyl (C=O) groups is 2. The summed E-state index contributed by atoms with van der Waals surface area (Å²) < 4.78 is 5.03. The van der Waals surface area contributed by atoms with Crippen molar-refractivity contribution in [2.45, 2.75) is 13.3 Å². The van der Waals surface area contributed by atoms with E-state index in [0.29, 0.717) is 12.4 Å². The third kappa shape index (κ3) is 5.53. The number of thioether (sulfide) groups is 1. The average molecular weight is 273 g/mol. The Morgan fingerprint density at radius 3 is 3.00 bits per heavy atom. The summed E-state index contributed by atoms with van der Waals surface area (Å²) in [6.45, 7) is 2.26. The molecule has 0 bridgehead atoms. The van der Waals surface area contributed by atoms with Crippen LogP contribution in [-0.2, 0) is 9.59 Å². The zero-order valence-electron chi connectivity index (χ0n) is 9.93. The Balaban J connectivity index is 2.24. The highest BCUT2D eigenvalue weighted by atomic mass is 32.2. The first-order chi connectivity index (χ1) is 8.61. The summed E-state index contributed by atoms with van der Waals surface area (Å²) in [7, 11) is 0. The van der Waals surface area contributed by atoms with Gasteiger partial charge in [-0.25, -0.2) is 5.10 Å². The molecule has 18 heavy (non-hydrogen) atoms. The molecular formula is C9H15N5O3S. The van der Waals surface area contributed by atoms with E-state index in [0.717, 1.165) is 0 Å². The first-order valence-electron chi connectivity index (χ1n) is 5.33. The number of hydrogen-bond acceptors (Lipinski definition) is 6. The summed E-state index contributed by atoms with van der Waals surface area (Å²) in [5, 5.41) is 8.80. The molecule has 0 saturated carbocycles. The van der Waals surface area contributed by atoms with Gasteiger partial charge in [0.05, 0.1) is 12.4 Å². The van der Waals surface area contributed by atoms with Crippen molar-refractivity contribution in [2.75, 3.05) is 23.4 Å². The third-order valence-electron chi connectivity index (χ3n) is 1.71. The number of aromatic nitrogens is 3. The van der Waals surface area contributed by atoms with Crippen LogP contribution in [-0.4, -0.2) is 45.1 Å². The summed E-state index contributed by atoms with van der Waals surface area (Å²) in [6.07, 6.45) is 0.266. The normalized spacial score (nSPS) is 10.1. The number of H-pyrrole nitrogens is 1. The molecule has 0 radical (unpaired) electrons. The van der Waals surface area contributed by atoms with Crippen molar-refractivity contribution in [3.8, 4) is 6.01 Å². The number of rotatable bonds is 8. The van der Waals surface area contributed by atoms with Crippen LogP contribution < -0.4 is 15.8 Å². The summed E-state index contributed by atoms with van der Waals surface area (Å²) in [4.78, 5) is 25.8. The lowest BCUT2D eigenvalue weighted by atomic mass is 10.4. The molecule has 0 aliphatic carbocycles. The van der Waals surface area contributed by atoms with Crippen molar-refractivity contribution in [3.05, 3.63) is 0 Å². The lowest BCUT2D eigenvalue weighted by molar-refractivity contribution is -0.116. The third-order valence-corrected chi connectivity index (χ3v) is 2.70. The number of nitrogens with zero attached hydrogens (tertiary/aromatic N) is 2. The number of nitrogens with two attached hydrogens (primary N) is 1. The van der Waals surface area contributed by atoms with Gasteiger partial charge in [-0.15, -0.1) is 5.10 Å². The quantitative estimate of drug-likeness (QED) is 0.561. The summed E-state index contributed by atoms with van der Waals surface area (Å²) in [5.41, 5.74) is 4.97. The fraction of sp³-hybridized carbons (Fsp3) is 0.556. The van der Waals surface area contributed by atoms with E-state index >= 15 is 0 Å². The van der Waals surface area contributed by atoms with Gasteiger partial charge in [0, 0.05) is 12.2 Å². The molecule has 1 heterocycles. The van der Waals surface area contributed by atoms with Crippen LogP contribution in [0.3, 0.4) is 0 Å². The number of anilines is 1. The monoisotopic (exact) mass is 273 g/mol. The van der Waals surface area contributed by atoms with Gasteiger partial charge in [0.2, 0.25) is 17.8 Å². The van der Waals surface area contributed by atoms with Gasteiger partial charge in [-0.3, -0.25) is 14.9 Å². The lowest BCUT2D eigenvalue weighted by Crippen LogP contribution is -2.16. The van der Waals surface area contributed by atoms with Crippen molar-refractivity contribution in [1.82, 2.24) is 15.2 Å². The zero-order valence-corrected chi connectivity index (χ0v) is 10.7. The second kappa shape index (κ2) is 7.54. The van der Waals surface area contributed by atoms with Crippen LogP contribution in [0, 0.1) is 0 Å². The molecular weight excluding hydrogens is 258 g/mol. The van der Waals surface area contributed by atoms with Crippen molar-refractivity contribution >= 4 is 29.5 Å². The molecule has 0 aliphatic rings. The first-order valence-corrected chi connectivity index (χ1v) is 6.48. The van der Waals surface area contributed by atoms with Gasteiger partial charge in [0.25, 0.3) is 0 Å². The molecule has 0 aliphatic heterocycles. The van der Waals surface area contributed by atoms with E-state index in [1.165, 1.54) is 11.8 Å². The number of carbonyl (C=O) groups excluding carboxylic acids is 2. The highest BCUT2D eigenvalue weighted by Crippen LogP contribution is 2.07. The molecule has 4 N–H and O–H groups in total. The minimum Gasteiger partial charge on any atom is -0.463 e. The molecule has 0 aromatic carbocycles. The topological polar surface area (TPSA) is 123 Å². The van der Waals surface area contributed by atoms with Gasteiger partial charge in [-0.1, -0.05) is 0 Å². The minimum absolute atomic E-state index is 0.191. The van der Waals surface area contributed by atoms with Crippen molar-refractivity contribution in [2.24, 2.45) is 5.73 Å². The SMILES string of the molecule is CCOc1n[nH]c(NC(=O)CCSCC(N)=O)n1. The molecule has 1 aromatic rings. The Morgan fingerprint density at radius 2 is 2.33 bits per heavy atom. The van der Waals surface area contributed by atoms with Crippen LogP contribution >= 0.6 is 11.8 Å². The smallest absolute Gasteiger partial charge is 0.337 e. The maximum Gasteiger partial charge on any atom is 0.337 e. The van der Waals surface area contributed by atoms with Gasteiger partial charge in [0.1, 0.15) is 0 Å². The van der Waals surface area contributed by atoms with Gasteiger partial charge in [-0.2, -0.15) is 16.7 Å². The van der Waals surface area contributed by atoms with E-state index in [9.17, 15) is 9.59 Å². The molecule has 0 unspecified atom stereocenters. The van der Waals surface area contributed by atoms with Crippen LogP contribution in [0.5, 0.6) is 6.01 Å². The van der Waals surface area contributed by atoms with Gasteiger partial charge >= 0.3 is 6.01 Å². The zero-order chi connectivity index (χ0) is 13.4. The van der Waals surface area contributed by atoms with Crippen LogP contribution in [0.2, 0.25) is 0 Å². The maximum absolute atomic E-state index is 11.5. The van der Waals surface area contributed by atoms with Crippen LogP contribution in [0.25, 0.3) is 0 Å². The Bertz CT molecular complexity index is 409. The maximum atomic E-state index is 11.5. The molecule has 1 aromatic heterocycles. The fourth-order valence-electron chi connectivity index (χ4n) is 1.03. The predicted molar refractivity (Wildman–Crippen MR) is 67.3 cm³/mol. The summed E-state index contributed by atoms with van der Waals surface area (Å²) in [6, 6.07) is 0.191. The number of amides is 2. The molecule has 0 fully saturated rings. The fourth-order valence-corrected chi connectivity index (χ4v) is 1.70. The van der Waals surface area contributed by atoms with Crippen LogP contribution in [0.4, 0.5) is 5.95 Å². The Morgan fingerprint density at radius 1 is 1.56 bits per heavy atom. The second-order valence-corrected chi connectivity index (χ2v) is 4.32. The molecule has 100 valence electrons. The van der Waals surface area contributed by atoms with Crippen molar-refractivity contribution in [3.63, 3.8) is 0 Å². The number of aromatic amines is 1. The Hall–Kier alpha value is -1.77. The number of primary amides is 1. The molecule has 1 rings (SSSR count). The first kappa shape index (κ1) is 14.3. The largest absolute Gasteiger partial charge is 0.463 e. The molecule has 9 heteroatoms. The van der Waals surface area contributed by atoms with Crippen molar-refractivity contribution in [1.29, 1.82) is 0 Å². The van der Waals surface area contributed by atoms with E-state index in [4.69, 9.17) is 10.5 Å². The van der Waals surface area contributed by atoms with Gasteiger partial charge in [-0.05, 0) is 6.92 Å². The van der Waals surface area contributed by atoms with E-state index < -0.39 is 5.91 Å². The number of ether oxygens (including phenoxy) is 1. The molecule has 0 saturated heterocycles. The molecule has 0 atom stereocenters. The average Bonchev–Trinajstić information content (AvgIpc) is 2.72. The Kier molecular flexibility index (Phi) is 5.98. The second-order valence-electron chi connectivity index (χ2n) is 3.22. The minimum atomic E-state index is -0.392. The number of nitrogens with one attached hydrogen (secondary N) is 2. The predicted octanol–water partition coefficient (Wildman–Crippen LogP) is -0.250. The standard InChI is InChI=1S/C9H15N5O3S/c1-2-17-9-12-8(13-14-9)11-7(16)3-4-18-5-6(10)15/h2-5H2,1H3,(H2,10,15)(H2,11,12,13,14,16). The van der Waals surface area contributed by atoms with Gasteiger partial charge in [0.15, 0.2) is 0 Å². The van der Waals surface area contributed by atoms with Crippen LogP contribution in [0.1, 0.15) is 13.3 Å². The summed E-state index contributed by atoms with van der Waals surface area (Å²) >= 11 is 1.31. The van der Waals surface area contributed by atoms with E-state index in [1.807, 2.05) is 6.92 Å². The van der Waals surface area contributed by atoms with E-state index in [2.05, 4.69) is 20.5 Å². The number of hydrogen-bond donors (Lipinski definition) is 3. The lowest BCUT2D eigenvalue weighted by Gasteiger charge is -2.00. The molecule has 0 spiro atoms. The molecule has 2 amide bonds. The Labute approximate surface area is 108 Å². The van der Waals surface area contributed by atoms with Gasteiger partial charge < -0.3 is 10.5 Å². The van der Waals surface area contributed by atoms with E-state index in [1.54, 1.807) is 0 Å². The van der Waals surface area contributed by atoms with Crippen LogP contribution in [0.15, 0.2) is 0 Å². The molecule has 8 nitrogen and oxygen atoms in total.